The summed E-state index contributed by atoms with van der Waals surface area (Å²) in [5.74, 6) is 0.214. The van der Waals surface area contributed by atoms with Crippen LogP contribution in [-0.4, -0.2) is 0 Å². The zero-order valence-electron chi connectivity index (χ0n) is 10.5. The molecule has 2 aromatic carbocycles. The first kappa shape index (κ1) is 11.8. The Bertz CT molecular complexity index is 716. The van der Waals surface area contributed by atoms with Gasteiger partial charge in [-0.25, -0.2) is 4.39 Å². The second kappa shape index (κ2) is 4.76. The van der Waals surface area contributed by atoms with Crippen LogP contribution in [0.1, 0.15) is 11.1 Å². The number of aryl methyl sites for hydroxylation is 1. The molecule has 0 saturated carbocycles. The van der Waals surface area contributed by atoms with E-state index in [4.69, 9.17) is 9.15 Å². The number of benzene rings is 2. The smallest absolute Gasteiger partial charge is 0.134 e. The fourth-order valence-corrected chi connectivity index (χ4v) is 2.02. The Hall–Kier alpha value is -2.29. The van der Waals surface area contributed by atoms with Crippen molar-refractivity contribution in [3.8, 4) is 5.75 Å². The number of furan rings is 1. The minimum atomic E-state index is -0.301. The minimum absolute atomic E-state index is 0.301. The van der Waals surface area contributed by atoms with Gasteiger partial charge >= 0.3 is 0 Å². The number of ether oxygens (including phenoxy) is 1. The zero-order chi connectivity index (χ0) is 13.2. The van der Waals surface area contributed by atoms with E-state index < -0.39 is 0 Å². The van der Waals surface area contributed by atoms with Crippen LogP contribution in [0.5, 0.6) is 5.75 Å². The maximum Gasteiger partial charge on any atom is 0.134 e. The predicted octanol–water partition coefficient (Wildman–Crippen LogP) is 4.46. The Morgan fingerprint density at radius 3 is 2.89 bits per heavy atom. The third kappa shape index (κ3) is 2.45. The summed E-state index contributed by atoms with van der Waals surface area (Å²) >= 11 is 0. The highest BCUT2D eigenvalue weighted by molar-refractivity contribution is 5.81. The molecule has 0 unspecified atom stereocenters. The predicted molar refractivity (Wildman–Crippen MR) is 71.7 cm³/mol. The largest absolute Gasteiger partial charge is 0.489 e. The minimum Gasteiger partial charge on any atom is -0.489 e. The van der Waals surface area contributed by atoms with Crippen molar-refractivity contribution in [2.75, 3.05) is 0 Å². The van der Waals surface area contributed by atoms with Gasteiger partial charge in [0.15, 0.2) is 0 Å². The normalized spacial score (nSPS) is 10.8. The maximum absolute atomic E-state index is 13.0. The molecular weight excluding hydrogens is 243 g/mol. The van der Waals surface area contributed by atoms with Crippen LogP contribution in [0.3, 0.4) is 0 Å². The molecule has 3 aromatic rings. The molecule has 0 amide bonds. The summed E-state index contributed by atoms with van der Waals surface area (Å²) in [4.78, 5) is 0. The highest BCUT2D eigenvalue weighted by Gasteiger charge is 2.06. The summed E-state index contributed by atoms with van der Waals surface area (Å²) in [6.07, 6.45) is 1.68. The average molecular weight is 256 g/mol. The van der Waals surface area contributed by atoms with Crippen LogP contribution in [-0.2, 0) is 6.61 Å². The van der Waals surface area contributed by atoms with E-state index >= 15 is 0 Å². The van der Waals surface area contributed by atoms with Gasteiger partial charge in [-0.15, -0.1) is 0 Å². The van der Waals surface area contributed by atoms with E-state index in [1.54, 1.807) is 18.4 Å². The van der Waals surface area contributed by atoms with Crippen LogP contribution < -0.4 is 4.74 Å². The fourth-order valence-electron chi connectivity index (χ4n) is 2.02. The summed E-state index contributed by atoms with van der Waals surface area (Å²) in [6, 6.07) is 12.1. The van der Waals surface area contributed by atoms with Crippen LogP contribution in [0.4, 0.5) is 4.39 Å². The molecule has 0 radical (unpaired) electrons. The monoisotopic (exact) mass is 256 g/mol. The zero-order valence-corrected chi connectivity index (χ0v) is 10.5. The second-order valence-corrected chi connectivity index (χ2v) is 4.51. The molecule has 0 aliphatic carbocycles. The van der Waals surface area contributed by atoms with Crippen LogP contribution in [0.15, 0.2) is 53.1 Å². The van der Waals surface area contributed by atoms with Crippen molar-refractivity contribution in [1.82, 2.24) is 0 Å². The van der Waals surface area contributed by atoms with Gasteiger partial charge in [0.05, 0.1) is 6.26 Å². The van der Waals surface area contributed by atoms with Crippen LogP contribution in [0, 0.1) is 12.7 Å². The molecule has 0 aliphatic rings. The molecular formula is C16H13FO2. The molecule has 0 spiro atoms. The molecule has 19 heavy (non-hydrogen) atoms. The number of fused-ring (bicyclic) bond motifs is 1. The lowest BCUT2D eigenvalue weighted by Gasteiger charge is -2.04. The molecule has 0 N–H and O–H groups in total. The quantitative estimate of drug-likeness (QED) is 0.690. The van der Waals surface area contributed by atoms with Gasteiger partial charge in [0.25, 0.3) is 0 Å². The van der Waals surface area contributed by atoms with Gasteiger partial charge in [-0.3, -0.25) is 0 Å². The second-order valence-electron chi connectivity index (χ2n) is 4.51. The number of hydrogen-bond acceptors (Lipinski definition) is 2. The highest BCUT2D eigenvalue weighted by Crippen LogP contribution is 2.24. The summed E-state index contributed by atoms with van der Waals surface area (Å²) in [7, 11) is 0. The van der Waals surface area contributed by atoms with Crippen LogP contribution >= 0.6 is 0 Å². The summed E-state index contributed by atoms with van der Waals surface area (Å²) in [5, 5.41) is 1.03. The average Bonchev–Trinajstić information content (AvgIpc) is 2.78. The van der Waals surface area contributed by atoms with Gasteiger partial charge < -0.3 is 9.15 Å². The fraction of sp³-hybridized carbons (Fsp3) is 0.125. The van der Waals surface area contributed by atoms with Crippen molar-refractivity contribution in [3.05, 3.63) is 65.7 Å². The lowest BCUT2D eigenvalue weighted by Crippen LogP contribution is -1.94. The summed E-state index contributed by atoms with van der Waals surface area (Å²) < 4.78 is 24.1. The molecule has 3 heteroatoms. The van der Waals surface area contributed by atoms with Gasteiger partial charge in [0.2, 0.25) is 0 Å². The van der Waals surface area contributed by atoms with Crippen molar-refractivity contribution in [2.24, 2.45) is 0 Å². The molecule has 0 saturated heterocycles. The van der Waals surface area contributed by atoms with E-state index in [-0.39, 0.29) is 5.82 Å². The lowest BCUT2D eigenvalue weighted by molar-refractivity contribution is 0.304. The molecule has 2 nitrogen and oxygen atoms in total. The first-order chi connectivity index (χ1) is 9.22. The Balaban J connectivity index is 1.82. The SMILES string of the molecule is Cc1ccc2c(COc3cccc(F)c3)coc2c1. The van der Waals surface area contributed by atoms with Gasteiger partial charge in [0, 0.05) is 17.0 Å². The highest BCUT2D eigenvalue weighted by atomic mass is 19.1. The molecule has 0 atom stereocenters. The summed E-state index contributed by atoms with van der Waals surface area (Å²) in [6.45, 7) is 2.38. The number of hydrogen-bond donors (Lipinski definition) is 0. The van der Waals surface area contributed by atoms with Crippen molar-refractivity contribution in [3.63, 3.8) is 0 Å². The van der Waals surface area contributed by atoms with Crippen molar-refractivity contribution >= 4 is 11.0 Å². The Kier molecular flexibility index (Phi) is 2.95. The van der Waals surface area contributed by atoms with E-state index in [0.29, 0.717) is 12.4 Å². The molecule has 1 aromatic heterocycles. The third-order valence-electron chi connectivity index (χ3n) is 3.00. The molecule has 0 fully saturated rings. The maximum atomic E-state index is 13.0. The van der Waals surface area contributed by atoms with Gasteiger partial charge in [-0.1, -0.05) is 18.2 Å². The van der Waals surface area contributed by atoms with Gasteiger partial charge in [-0.2, -0.15) is 0 Å². The third-order valence-corrected chi connectivity index (χ3v) is 3.00. The van der Waals surface area contributed by atoms with Crippen molar-refractivity contribution < 1.29 is 13.5 Å². The Labute approximate surface area is 110 Å². The van der Waals surface area contributed by atoms with E-state index in [1.165, 1.54) is 12.1 Å². The van der Waals surface area contributed by atoms with E-state index in [0.717, 1.165) is 22.1 Å². The first-order valence-corrected chi connectivity index (χ1v) is 6.07. The lowest BCUT2D eigenvalue weighted by atomic mass is 10.1. The van der Waals surface area contributed by atoms with Crippen LogP contribution in [0.2, 0.25) is 0 Å². The number of rotatable bonds is 3. The Morgan fingerprint density at radius 2 is 2.05 bits per heavy atom. The van der Waals surface area contributed by atoms with Gasteiger partial charge in [0.1, 0.15) is 23.8 Å². The summed E-state index contributed by atoms with van der Waals surface area (Å²) in [5.41, 5.74) is 2.96. The van der Waals surface area contributed by atoms with Gasteiger partial charge in [-0.05, 0) is 30.7 Å². The van der Waals surface area contributed by atoms with Crippen molar-refractivity contribution in [1.29, 1.82) is 0 Å². The number of halogens is 1. The molecule has 3 rings (SSSR count). The molecule has 96 valence electrons. The van der Waals surface area contributed by atoms with E-state index in [9.17, 15) is 4.39 Å². The standard InChI is InChI=1S/C16H13FO2/c1-11-5-6-15-12(10-19-16(15)7-11)9-18-14-4-2-3-13(17)8-14/h2-8,10H,9H2,1H3. The molecule has 0 bridgehead atoms. The Morgan fingerprint density at radius 1 is 1.16 bits per heavy atom. The van der Waals surface area contributed by atoms with E-state index in [1.807, 2.05) is 25.1 Å². The topological polar surface area (TPSA) is 22.4 Å². The first-order valence-electron chi connectivity index (χ1n) is 6.07. The molecule has 0 aliphatic heterocycles. The van der Waals surface area contributed by atoms with Crippen molar-refractivity contribution in [2.45, 2.75) is 13.5 Å². The van der Waals surface area contributed by atoms with Crippen LogP contribution in [0.25, 0.3) is 11.0 Å². The van der Waals surface area contributed by atoms with E-state index in [2.05, 4.69) is 0 Å². The molecule has 1 heterocycles.